The lowest BCUT2D eigenvalue weighted by atomic mass is 10.1. The van der Waals surface area contributed by atoms with E-state index in [1.165, 1.54) is 18.4 Å². The molecule has 0 unspecified atom stereocenters. The molecule has 0 spiro atoms. The zero-order chi connectivity index (χ0) is 11.7. The molecule has 1 heterocycles. The number of carbonyl (C=O) groups excluding carboxylic acids is 1. The molecule has 1 aliphatic carbocycles. The molecule has 1 fully saturated rings. The van der Waals surface area contributed by atoms with Crippen LogP contribution in [-0.4, -0.2) is 11.9 Å². The summed E-state index contributed by atoms with van der Waals surface area (Å²) in [5.74, 6) is 0.0617. The minimum absolute atomic E-state index is 0.0617. The molecule has 3 heteroatoms. The maximum atomic E-state index is 12.0. The zero-order valence-electron chi connectivity index (χ0n) is 9.87. The van der Waals surface area contributed by atoms with Crippen molar-refractivity contribution in [3.8, 4) is 0 Å². The Morgan fingerprint density at radius 1 is 1.18 bits per heavy atom. The summed E-state index contributed by atoms with van der Waals surface area (Å²) in [4.78, 5) is 12.0. The summed E-state index contributed by atoms with van der Waals surface area (Å²) in [5, 5.41) is 3.11. The van der Waals surface area contributed by atoms with E-state index in [4.69, 9.17) is 4.74 Å². The molecule has 0 aromatic heterocycles. The van der Waals surface area contributed by atoms with Crippen molar-refractivity contribution >= 4 is 5.91 Å². The average molecular weight is 231 g/mol. The van der Waals surface area contributed by atoms with Crippen LogP contribution >= 0.6 is 0 Å². The lowest BCUT2D eigenvalue weighted by Gasteiger charge is -2.12. The summed E-state index contributed by atoms with van der Waals surface area (Å²) < 4.78 is 5.35. The third-order valence-corrected chi connectivity index (χ3v) is 3.67. The first-order valence-corrected chi connectivity index (χ1v) is 6.33. The summed E-state index contributed by atoms with van der Waals surface area (Å²) >= 11 is 0. The molecular formula is C14H17NO2. The van der Waals surface area contributed by atoms with E-state index in [1.54, 1.807) is 0 Å². The van der Waals surface area contributed by atoms with Crippen LogP contribution in [0, 0.1) is 0 Å². The van der Waals surface area contributed by atoms with Crippen molar-refractivity contribution < 1.29 is 9.53 Å². The van der Waals surface area contributed by atoms with Crippen molar-refractivity contribution in [3.05, 3.63) is 34.9 Å². The summed E-state index contributed by atoms with van der Waals surface area (Å²) in [5.41, 5.74) is 3.13. The van der Waals surface area contributed by atoms with Crippen LogP contribution in [0.4, 0.5) is 0 Å². The van der Waals surface area contributed by atoms with E-state index in [0.29, 0.717) is 19.3 Å². The largest absolute Gasteiger partial charge is 0.372 e. The smallest absolute Gasteiger partial charge is 0.251 e. The molecule has 2 aliphatic rings. The van der Waals surface area contributed by atoms with Crippen LogP contribution in [0.1, 0.15) is 47.2 Å². The highest BCUT2D eigenvalue weighted by atomic mass is 16.5. The normalized spacial score (nSPS) is 19.3. The number of amides is 1. The molecule has 1 N–H and O–H groups in total. The molecule has 1 aliphatic heterocycles. The Kier molecular flexibility index (Phi) is 2.85. The molecule has 1 aromatic rings. The van der Waals surface area contributed by atoms with Crippen LogP contribution in [0.5, 0.6) is 0 Å². The van der Waals surface area contributed by atoms with Gasteiger partial charge in [0.1, 0.15) is 0 Å². The van der Waals surface area contributed by atoms with E-state index in [9.17, 15) is 4.79 Å². The lowest BCUT2D eigenvalue weighted by Crippen LogP contribution is -2.32. The van der Waals surface area contributed by atoms with Gasteiger partial charge in [-0.2, -0.15) is 0 Å². The van der Waals surface area contributed by atoms with E-state index >= 15 is 0 Å². The number of nitrogens with one attached hydrogen (secondary N) is 1. The molecule has 1 amide bonds. The van der Waals surface area contributed by atoms with Crippen LogP contribution in [0.3, 0.4) is 0 Å². The fourth-order valence-electron chi connectivity index (χ4n) is 2.65. The number of fused-ring (bicyclic) bond motifs is 1. The summed E-state index contributed by atoms with van der Waals surface area (Å²) in [6.45, 7) is 1.32. The van der Waals surface area contributed by atoms with Gasteiger partial charge in [0.15, 0.2) is 0 Å². The van der Waals surface area contributed by atoms with E-state index < -0.39 is 0 Å². The third kappa shape index (κ3) is 2.20. The van der Waals surface area contributed by atoms with Crippen LogP contribution in [0.15, 0.2) is 18.2 Å². The van der Waals surface area contributed by atoms with Crippen LogP contribution < -0.4 is 5.32 Å². The van der Waals surface area contributed by atoms with Crippen molar-refractivity contribution in [2.75, 3.05) is 0 Å². The second-order valence-corrected chi connectivity index (χ2v) is 4.93. The highest BCUT2D eigenvalue weighted by molar-refractivity contribution is 5.94. The molecule has 0 saturated heterocycles. The predicted molar refractivity (Wildman–Crippen MR) is 64.7 cm³/mol. The van der Waals surface area contributed by atoms with Crippen molar-refractivity contribution in [1.82, 2.24) is 5.32 Å². The van der Waals surface area contributed by atoms with E-state index in [2.05, 4.69) is 5.32 Å². The maximum absolute atomic E-state index is 12.0. The number of benzene rings is 1. The van der Waals surface area contributed by atoms with Gasteiger partial charge in [-0.05, 0) is 36.1 Å². The average Bonchev–Trinajstić information content (AvgIpc) is 2.97. The number of hydrogen-bond donors (Lipinski definition) is 1. The fourth-order valence-corrected chi connectivity index (χ4v) is 2.65. The number of hydrogen-bond acceptors (Lipinski definition) is 2. The molecular weight excluding hydrogens is 214 g/mol. The monoisotopic (exact) mass is 231 g/mol. The zero-order valence-corrected chi connectivity index (χ0v) is 9.87. The van der Waals surface area contributed by atoms with Gasteiger partial charge in [0.2, 0.25) is 0 Å². The Hall–Kier alpha value is -1.35. The minimum atomic E-state index is 0.0617. The highest BCUT2D eigenvalue weighted by Crippen LogP contribution is 2.22. The van der Waals surface area contributed by atoms with Gasteiger partial charge >= 0.3 is 0 Å². The number of ether oxygens (including phenoxy) is 1. The Bertz CT molecular complexity index is 436. The summed E-state index contributed by atoms with van der Waals surface area (Å²) in [6, 6.07) is 6.25. The first-order valence-electron chi connectivity index (χ1n) is 6.33. The molecule has 0 atom stereocenters. The minimum Gasteiger partial charge on any atom is -0.372 e. The lowest BCUT2D eigenvalue weighted by molar-refractivity contribution is 0.0937. The second kappa shape index (κ2) is 4.49. The molecule has 3 nitrogen and oxygen atoms in total. The topological polar surface area (TPSA) is 38.3 Å². The Labute approximate surface area is 101 Å². The molecule has 1 aromatic carbocycles. The highest BCUT2D eigenvalue weighted by Gasteiger charge is 2.19. The fraction of sp³-hybridized carbons (Fsp3) is 0.500. The summed E-state index contributed by atoms with van der Waals surface area (Å²) in [6.07, 6.45) is 4.73. The number of carbonyl (C=O) groups is 1. The van der Waals surface area contributed by atoms with Crippen molar-refractivity contribution in [3.63, 3.8) is 0 Å². The van der Waals surface area contributed by atoms with Gasteiger partial charge in [-0.1, -0.05) is 18.9 Å². The first kappa shape index (κ1) is 10.8. The van der Waals surface area contributed by atoms with Gasteiger partial charge in [0, 0.05) is 11.6 Å². The van der Waals surface area contributed by atoms with E-state index in [1.807, 2.05) is 18.2 Å². The van der Waals surface area contributed by atoms with Gasteiger partial charge in [-0.15, -0.1) is 0 Å². The standard InChI is InChI=1S/C14H17NO2/c16-14(15-13-3-1-2-4-13)10-5-6-11-8-17-9-12(11)7-10/h5-7,13H,1-4,8-9H2,(H,15,16). The van der Waals surface area contributed by atoms with Crippen molar-refractivity contribution in [1.29, 1.82) is 0 Å². The van der Waals surface area contributed by atoms with Gasteiger partial charge in [0.05, 0.1) is 13.2 Å². The molecule has 3 rings (SSSR count). The first-order chi connectivity index (χ1) is 8.33. The Morgan fingerprint density at radius 3 is 2.76 bits per heavy atom. The van der Waals surface area contributed by atoms with Crippen molar-refractivity contribution in [2.24, 2.45) is 0 Å². The van der Waals surface area contributed by atoms with Crippen LogP contribution in [0.2, 0.25) is 0 Å². The van der Waals surface area contributed by atoms with Crippen LogP contribution in [0.25, 0.3) is 0 Å². The van der Waals surface area contributed by atoms with Gasteiger partial charge in [0.25, 0.3) is 5.91 Å². The molecule has 0 radical (unpaired) electrons. The number of rotatable bonds is 2. The molecule has 90 valence electrons. The van der Waals surface area contributed by atoms with Gasteiger partial charge < -0.3 is 10.1 Å². The third-order valence-electron chi connectivity index (χ3n) is 3.67. The van der Waals surface area contributed by atoms with Gasteiger partial charge in [-0.3, -0.25) is 4.79 Å². The van der Waals surface area contributed by atoms with E-state index in [0.717, 1.165) is 24.0 Å². The molecule has 0 bridgehead atoms. The maximum Gasteiger partial charge on any atom is 0.251 e. The van der Waals surface area contributed by atoms with Crippen LogP contribution in [-0.2, 0) is 18.0 Å². The SMILES string of the molecule is O=C(NC1CCCC1)c1ccc2c(c1)COC2. The Balaban J connectivity index is 1.72. The quantitative estimate of drug-likeness (QED) is 0.848. The molecule has 1 saturated carbocycles. The predicted octanol–water partition coefficient (Wildman–Crippen LogP) is 2.39. The summed E-state index contributed by atoms with van der Waals surface area (Å²) in [7, 11) is 0. The van der Waals surface area contributed by atoms with Crippen molar-refractivity contribution in [2.45, 2.75) is 44.9 Å². The Morgan fingerprint density at radius 2 is 1.94 bits per heavy atom. The van der Waals surface area contributed by atoms with Gasteiger partial charge in [-0.25, -0.2) is 0 Å². The molecule has 17 heavy (non-hydrogen) atoms. The van der Waals surface area contributed by atoms with E-state index in [-0.39, 0.29) is 5.91 Å². The second-order valence-electron chi connectivity index (χ2n) is 4.93.